The first kappa shape index (κ1) is 22.9. The fourth-order valence-electron chi connectivity index (χ4n) is 3.44. The molecule has 1 heterocycles. The van der Waals surface area contributed by atoms with Gasteiger partial charge in [0.2, 0.25) is 5.91 Å². The van der Waals surface area contributed by atoms with Gasteiger partial charge in [-0.25, -0.2) is 0 Å². The zero-order chi connectivity index (χ0) is 23.8. The lowest BCUT2D eigenvalue weighted by Gasteiger charge is -2.19. The molecular formula is C27H23N3O3S. The molecule has 7 heteroatoms. The lowest BCUT2D eigenvalue weighted by atomic mass is 10.0. The molecule has 0 radical (unpaired) electrons. The predicted octanol–water partition coefficient (Wildman–Crippen LogP) is 5.50. The van der Waals surface area contributed by atoms with Gasteiger partial charge in [0, 0.05) is 16.9 Å². The van der Waals surface area contributed by atoms with Crippen LogP contribution in [0.2, 0.25) is 0 Å². The molecule has 170 valence electrons. The van der Waals surface area contributed by atoms with E-state index in [9.17, 15) is 14.4 Å². The number of nitrogens with one attached hydrogen (secondary N) is 3. The molecule has 4 rings (SSSR count). The molecule has 0 bridgehead atoms. The second kappa shape index (κ2) is 11.1. The molecule has 0 aliphatic carbocycles. The second-order valence-electron chi connectivity index (χ2n) is 7.57. The molecule has 0 saturated carbocycles. The van der Waals surface area contributed by atoms with Crippen LogP contribution in [0.3, 0.4) is 0 Å². The zero-order valence-electron chi connectivity index (χ0n) is 18.2. The van der Waals surface area contributed by atoms with Gasteiger partial charge in [-0.2, -0.15) is 0 Å². The Bertz CT molecular complexity index is 1260. The van der Waals surface area contributed by atoms with Gasteiger partial charge in [-0.3, -0.25) is 14.4 Å². The second-order valence-corrected chi connectivity index (χ2v) is 8.51. The van der Waals surface area contributed by atoms with Crippen LogP contribution in [0.25, 0.3) is 0 Å². The summed E-state index contributed by atoms with van der Waals surface area (Å²) < 4.78 is 0. The van der Waals surface area contributed by atoms with E-state index in [0.29, 0.717) is 21.8 Å². The van der Waals surface area contributed by atoms with Gasteiger partial charge in [0.1, 0.15) is 0 Å². The van der Waals surface area contributed by atoms with Crippen molar-refractivity contribution < 1.29 is 14.4 Å². The standard InChI is InChI=1S/C27H23N3O3S/c31-25(28-21-13-7-14-22(17-21)29-27(33)24-15-8-16-34-24)18-23(19-9-3-1-4-10-19)30-26(32)20-11-5-2-6-12-20/h1-17,23H,18H2,(H,28,31)(H,29,33)(H,30,32). The first-order valence-corrected chi connectivity index (χ1v) is 11.6. The molecule has 0 aliphatic heterocycles. The topological polar surface area (TPSA) is 87.3 Å². The number of hydrogen-bond donors (Lipinski definition) is 3. The number of anilines is 2. The van der Waals surface area contributed by atoms with Crippen molar-refractivity contribution in [1.82, 2.24) is 5.32 Å². The largest absolute Gasteiger partial charge is 0.345 e. The number of rotatable bonds is 8. The first-order valence-electron chi connectivity index (χ1n) is 10.7. The van der Waals surface area contributed by atoms with Gasteiger partial charge in [0.15, 0.2) is 0 Å². The Kier molecular flexibility index (Phi) is 7.47. The highest BCUT2D eigenvalue weighted by Gasteiger charge is 2.19. The van der Waals surface area contributed by atoms with Crippen molar-refractivity contribution in [3.8, 4) is 0 Å². The van der Waals surface area contributed by atoms with Crippen molar-refractivity contribution in [1.29, 1.82) is 0 Å². The number of carbonyl (C=O) groups excluding carboxylic acids is 3. The Hall–Kier alpha value is -4.23. The minimum absolute atomic E-state index is 0.0500. The summed E-state index contributed by atoms with van der Waals surface area (Å²) >= 11 is 1.36. The minimum Gasteiger partial charge on any atom is -0.345 e. The van der Waals surface area contributed by atoms with Crippen LogP contribution < -0.4 is 16.0 Å². The van der Waals surface area contributed by atoms with Crippen LogP contribution in [0.4, 0.5) is 11.4 Å². The van der Waals surface area contributed by atoms with E-state index in [4.69, 9.17) is 0 Å². The maximum atomic E-state index is 12.9. The van der Waals surface area contributed by atoms with Crippen molar-refractivity contribution in [3.63, 3.8) is 0 Å². The van der Waals surface area contributed by atoms with Crippen LogP contribution in [0.5, 0.6) is 0 Å². The van der Waals surface area contributed by atoms with E-state index in [1.54, 1.807) is 54.6 Å². The summed E-state index contributed by atoms with van der Waals surface area (Å²) in [6, 6.07) is 28.3. The number of benzene rings is 3. The first-order chi connectivity index (χ1) is 16.6. The molecular weight excluding hydrogens is 446 g/mol. The van der Waals surface area contributed by atoms with E-state index in [-0.39, 0.29) is 24.1 Å². The van der Waals surface area contributed by atoms with E-state index in [1.807, 2.05) is 47.8 Å². The van der Waals surface area contributed by atoms with E-state index in [1.165, 1.54) is 11.3 Å². The number of thiophene rings is 1. The van der Waals surface area contributed by atoms with Gasteiger partial charge >= 0.3 is 0 Å². The summed E-state index contributed by atoms with van der Waals surface area (Å²) in [5.41, 5.74) is 2.49. The summed E-state index contributed by atoms with van der Waals surface area (Å²) in [7, 11) is 0. The molecule has 6 nitrogen and oxygen atoms in total. The molecule has 4 aromatic rings. The Morgan fingerprint density at radius 1 is 0.706 bits per heavy atom. The molecule has 3 amide bonds. The Morgan fingerprint density at radius 2 is 1.38 bits per heavy atom. The fraction of sp³-hybridized carbons (Fsp3) is 0.0741. The summed E-state index contributed by atoms with van der Waals surface area (Å²) in [4.78, 5) is 38.5. The summed E-state index contributed by atoms with van der Waals surface area (Å²) in [6.07, 6.45) is 0.0500. The van der Waals surface area contributed by atoms with Crippen molar-refractivity contribution in [2.75, 3.05) is 10.6 Å². The molecule has 0 saturated heterocycles. The number of carbonyl (C=O) groups is 3. The average molecular weight is 470 g/mol. The fourth-order valence-corrected chi connectivity index (χ4v) is 4.06. The number of amides is 3. The van der Waals surface area contributed by atoms with Crippen molar-refractivity contribution in [2.24, 2.45) is 0 Å². The van der Waals surface area contributed by atoms with E-state index in [2.05, 4.69) is 16.0 Å². The molecule has 34 heavy (non-hydrogen) atoms. The third kappa shape index (κ3) is 6.17. The maximum Gasteiger partial charge on any atom is 0.265 e. The third-order valence-electron chi connectivity index (χ3n) is 5.08. The minimum atomic E-state index is -0.504. The normalized spacial score (nSPS) is 11.3. The molecule has 0 fully saturated rings. The summed E-state index contributed by atoms with van der Waals surface area (Å²) in [5, 5.41) is 10.5. The van der Waals surface area contributed by atoms with Crippen LogP contribution in [0, 0.1) is 0 Å². The molecule has 1 atom stereocenters. The smallest absolute Gasteiger partial charge is 0.265 e. The lowest BCUT2D eigenvalue weighted by Crippen LogP contribution is -2.31. The van der Waals surface area contributed by atoms with Crippen molar-refractivity contribution in [2.45, 2.75) is 12.5 Å². The monoisotopic (exact) mass is 469 g/mol. The molecule has 3 aromatic carbocycles. The number of hydrogen-bond acceptors (Lipinski definition) is 4. The lowest BCUT2D eigenvalue weighted by molar-refractivity contribution is -0.116. The van der Waals surface area contributed by atoms with Crippen LogP contribution in [-0.4, -0.2) is 17.7 Å². The molecule has 0 aliphatic rings. The highest BCUT2D eigenvalue weighted by Crippen LogP contribution is 2.21. The summed E-state index contributed by atoms with van der Waals surface area (Å²) in [6.45, 7) is 0. The Balaban J connectivity index is 1.43. The highest BCUT2D eigenvalue weighted by atomic mass is 32.1. The SMILES string of the molecule is O=C(CC(NC(=O)c1ccccc1)c1ccccc1)Nc1cccc(NC(=O)c2cccs2)c1. The van der Waals surface area contributed by atoms with E-state index >= 15 is 0 Å². The van der Waals surface area contributed by atoms with Crippen LogP contribution >= 0.6 is 11.3 Å². The summed E-state index contributed by atoms with van der Waals surface area (Å²) in [5.74, 6) is -0.712. The van der Waals surface area contributed by atoms with Crippen LogP contribution in [0.1, 0.15) is 38.1 Å². The van der Waals surface area contributed by atoms with Gasteiger partial charge in [-0.1, -0.05) is 60.7 Å². The van der Waals surface area contributed by atoms with Gasteiger partial charge in [-0.05, 0) is 47.3 Å². The van der Waals surface area contributed by atoms with Crippen molar-refractivity contribution >= 4 is 40.4 Å². The van der Waals surface area contributed by atoms with Gasteiger partial charge in [0.05, 0.1) is 17.3 Å². The third-order valence-corrected chi connectivity index (χ3v) is 5.95. The van der Waals surface area contributed by atoms with Gasteiger partial charge in [0.25, 0.3) is 11.8 Å². The van der Waals surface area contributed by atoms with Crippen molar-refractivity contribution in [3.05, 3.63) is 118 Å². The van der Waals surface area contributed by atoms with Gasteiger partial charge in [-0.15, -0.1) is 11.3 Å². The molecule has 3 N–H and O–H groups in total. The Morgan fingerprint density at radius 3 is 2.06 bits per heavy atom. The molecule has 1 aromatic heterocycles. The highest BCUT2D eigenvalue weighted by molar-refractivity contribution is 7.12. The molecule has 1 unspecified atom stereocenters. The van der Waals surface area contributed by atoms with E-state index in [0.717, 1.165) is 5.56 Å². The maximum absolute atomic E-state index is 12.9. The quantitative estimate of drug-likeness (QED) is 0.318. The van der Waals surface area contributed by atoms with Gasteiger partial charge < -0.3 is 16.0 Å². The zero-order valence-corrected chi connectivity index (χ0v) is 19.0. The molecule has 0 spiro atoms. The Labute approximate surface area is 201 Å². The van der Waals surface area contributed by atoms with E-state index < -0.39 is 6.04 Å². The van der Waals surface area contributed by atoms with Crippen LogP contribution in [0.15, 0.2) is 102 Å². The predicted molar refractivity (Wildman–Crippen MR) is 135 cm³/mol. The van der Waals surface area contributed by atoms with Crippen LogP contribution in [-0.2, 0) is 4.79 Å². The average Bonchev–Trinajstić information content (AvgIpc) is 3.40.